The highest BCUT2D eigenvalue weighted by molar-refractivity contribution is 6.08. The van der Waals surface area contributed by atoms with Gasteiger partial charge in [-0.2, -0.15) is 0 Å². The first kappa shape index (κ1) is 14.2. The summed E-state index contributed by atoms with van der Waals surface area (Å²) in [7, 11) is 0. The number of Topliss-reactive ketones (excluding diaryl/α,β-unsaturated/α-hetero) is 1. The number of benzene rings is 1. The zero-order valence-electron chi connectivity index (χ0n) is 12.1. The molecule has 4 unspecified atom stereocenters. The summed E-state index contributed by atoms with van der Waals surface area (Å²) in [5.41, 5.74) is 0.729. The van der Waals surface area contributed by atoms with Crippen LogP contribution in [0.15, 0.2) is 30.3 Å². The smallest absolute Gasteiger partial charge is 0.236 e. The van der Waals surface area contributed by atoms with Crippen molar-refractivity contribution in [3.63, 3.8) is 0 Å². The Morgan fingerprint density at radius 1 is 1.24 bits per heavy atom. The Balaban J connectivity index is 1.66. The Bertz CT molecular complexity index is 532. The zero-order chi connectivity index (χ0) is 14.8. The van der Waals surface area contributed by atoms with Gasteiger partial charge in [0, 0.05) is 24.2 Å². The van der Waals surface area contributed by atoms with E-state index in [4.69, 9.17) is 0 Å². The molecule has 0 spiro atoms. The summed E-state index contributed by atoms with van der Waals surface area (Å²) in [5.74, 6) is -0.842. The minimum absolute atomic E-state index is 0.0158. The van der Waals surface area contributed by atoms with Crippen LogP contribution < -0.4 is 16.0 Å². The summed E-state index contributed by atoms with van der Waals surface area (Å²) >= 11 is 0. The average Bonchev–Trinajstić information content (AvgIpc) is 2.48. The van der Waals surface area contributed by atoms with Crippen molar-refractivity contribution in [2.75, 3.05) is 11.9 Å². The minimum Gasteiger partial charge on any atom is -0.325 e. The van der Waals surface area contributed by atoms with Crippen LogP contribution in [0.5, 0.6) is 0 Å². The van der Waals surface area contributed by atoms with Gasteiger partial charge in [-0.15, -0.1) is 0 Å². The van der Waals surface area contributed by atoms with Gasteiger partial charge in [0.15, 0.2) is 5.78 Å². The summed E-state index contributed by atoms with van der Waals surface area (Å²) in [6.45, 7) is 2.52. The Hall–Kier alpha value is -1.72. The fourth-order valence-corrected chi connectivity index (χ4v) is 3.19. The summed E-state index contributed by atoms with van der Waals surface area (Å²) in [6.07, 6.45) is 1.84. The monoisotopic (exact) mass is 287 g/mol. The van der Waals surface area contributed by atoms with Crippen molar-refractivity contribution in [2.45, 2.75) is 32.0 Å². The van der Waals surface area contributed by atoms with Crippen molar-refractivity contribution in [2.24, 2.45) is 11.8 Å². The van der Waals surface area contributed by atoms with Crippen molar-refractivity contribution in [3.8, 4) is 0 Å². The van der Waals surface area contributed by atoms with Crippen molar-refractivity contribution in [1.29, 1.82) is 0 Å². The Kier molecular flexibility index (Phi) is 4.03. The zero-order valence-corrected chi connectivity index (χ0v) is 12.1. The van der Waals surface area contributed by atoms with E-state index in [1.54, 1.807) is 0 Å². The van der Waals surface area contributed by atoms with Crippen LogP contribution in [0, 0.1) is 11.8 Å². The largest absolute Gasteiger partial charge is 0.325 e. The third-order valence-electron chi connectivity index (χ3n) is 4.39. The van der Waals surface area contributed by atoms with E-state index >= 15 is 0 Å². The first-order chi connectivity index (χ1) is 10.1. The number of carbonyl (C=O) groups excluding carboxylic acids is 2. The summed E-state index contributed by atoms with van der Waals surface area (Å²) in [6, 6.07) is 9.68. The Morgan fingerprint density at radius 2 is 2.00 bits per heavy atom. The highest BCUT2D eigenvalue weighted by atomic mass is 16.2. The van der Waals surface area contributed by atoms with Gasteiger partial charge in [0.25, 0.3) is 0 Å². The molecule has 2 aliphatic rings. The normalized spacial score (nSPS) is 32.3. The predicted octanol–water partition coefficient (Wildman–Crippen LogP) is 1.13. The second-order valence-corrected chi connectivity index (χ2v) is 5.95. The van der Waals surface area contributed by atoms with Crippen LogP contribution >= 0.6 is 0 Å². The van der Waals surface area contributed by atoms with Gasteiger partial charge in [0.2, 0.25) is 5.91 Å². The van der Waals surface area contributed by atoms with Crippen LogP contribution in [-0.4, -0.2) is 30.4 Å². The van der Waals surface area contributed by atoms with E-state index in [0.717, 1.165) is 18.5 Å². The molecule has 0 saturated carbocycles. The molecule has 1 aromatic rings. The number of fused-ring (bicyclic) bond motifs is 1. The van der Waals surface area contributed by atoms with Gasteiger partial charge in [-0.05, 0) is 31.9 Å². The first-order valence-electron chi connectivity index (χ1n) is 7.54. The van der Waals surface area contributed by atoms with Crippen LogP contribution in [-0.2, 0) is 9.59 Å². The molecule has 2 fully saturated rings. The number of para-hydroxylation sites is 1. The van der Waals surface area contributed by atoms with E-state index in [2.05, 4.69) is 22.9 Å². The predicted molar refractivity (Wildman–Crippen MR) is 80.7 cm³/mol. The van der Waals surface area contributed by atoms with E-state index in [-0.39, 0.29) is 23.8 Å². The molecule has 2 saturated heterocycles. The number of nitrogens with one attached hydrogen (secondary N) is 3. The maximum absolute atomic E-state index is 12.6. The van der Waals surface area contributed by atoms with Crippen molar-refractivity contribution >= 4 is 17.4 Å². The topological polar surface area (TPSA) is 70.2 Å². The van der Waals surface area contributed by atoms with Crippen LogP contribution in [0.1, 0.15) is 19.8 Å². The second kappa shape index (κ2) is 5.95. The molecule has 0 bridgehead atoms. The van der Waals surface area contributed by atoms with Gasteiger partial charge in [-0.1, -0.05) is 18.2 Å². The number of anilines is 1. The third kappa shape index (κ3) is 2.99. The molecular formula is C16H21N3O2. The lowest BCUT2D eigenvalue weighted by atomic mass is 9.80. The molecule has 5 nitrogen and oxygen atoms in total. The van der Waals surface area contributed by atoms with Gasteiger partial charge in [0.1, 0.15) is 5.92 Å². The Labute approximate surface area is 124 Å². The highest BCUT2D eigenvalue weighted by Crippen LogP contribution is 2.26. The van der Waals surface area contributed by atoms with Crippen molar-refractivity contribution in [3.05, 3.63) is 30.3 Å². The molecule has 0 radical (unpaired) electrons. The Morgan fingerprint density at radius 3 is 2.76 bits per heavy atom. The number of hydrogen-bond acceptors (Lipinski definition) is 4. The number of hydrogen-bond donors (Lipinski definition) is 3. The van der Waals surface area contributed by atoms with Gasteiger partial charge in [0.05, 0.1) is 6.17 Å². The molecule has 1 aromatic carbocycles. The molecule has 21 heavy (non-hydrogen) atoms. The molecule has 0 aromatic heterocycles. The first-order valence-corrected chi connectivity index (χ1v) is 7.54. The molecule has 3 N–H and O–H groups in total. The lowest BCUT2D eigenvalue weighted by molar-refractivity contribution is -0.137. The average molecular weight is 287 g/mol. The van der Waals surface area contributed by atoms with Crippen LogP contribution in [0.2, 0.25) is 0 Å². The maximum atomic E-state index is 12.6. The van der Waals surface area contributed by atoms with Crippen LogP contribution in [0.3, 0.4) is 0 Å². The maximum Gasteiger partial charge on any atom is 0.236 e. The van der Waals surface area contributed by atoms with Gasteiger partial charge >= 0.3 is 0 Å². The highest BCUT2D eigenvalue weighted by Gasteiger charge is 2.43. The molecule has 1 amide bonds. The van der Waals surface area contributed by atoms with Gasteiger partial charge in [-0.25, -0.2) is 0 Å². The summed E-state index contributed by atoms with van der Waals surface area (Å²) in [5, 5.41) is 9.53. The number of rotatable bonds is 2. The quantitative estimate of drug-likeness (QED) is 0.713. The van der Waals surface area contributed by atoms with E-state index in [0.29, 0.717) is 12.6 Å². The molecule has 0 aliphatic carbocycles. The fraction of sp³-hybridized carbons (Fsp3) is 0.500. The number of ketones is 1. The third-order valence-corrected chi connectivity index (χ3v) is 4.39. The number of piperidine rings is 2. The molecule has 112 valence electrons. The van der Waals surface area contributed by atoms with E-state index in [1.807, 2.05) is 30.3 Å². The molecule has 3 rings (SSSR count). The van der Waals surface area contributed by atoms with Gasteiger partial charge in [-0.3, -0.25) is 14.9 Å². The van der Waals surface area contributed by atoms with E-state index in [9.17, 15) is 9.59 Å². The SMILES string of the molecule is CC1CCC2C(=O)C(C(=O)Nc3ccccc3)CNC2N1. The lowest BCUT2D eigenvalue weighted by Crippen LogP contribution is -2.63. The van der Waals surface area contributed by atoms with Crippen molar-refractivity contribution in [1.82, 2.24) is 10.6 Å². The van der Waals surface area contributed by atoms with Gasteiger partial charge < -0.3 is 10.6 Å². The molecule has 5 heteroatoms. The molecule has 2 heterocycles. The summed E-state index contributed by atoms with van der Waals surface area (Å²) < 4.78 is 0. The van der Waals surface area contributed by atoms with E-state index < -0.39 is 5.92 Å². The second-order valence-electron chi connectivity index (χ2n) is 5.95. The molecular weight excluding hydrogens is 266 g/mol. The number of amides is 1. The fourth-order valence-electron chi connectivity index (χ4n) is 3.19. The lowest BCUT2D eigenvalue weighted by Gasteiger charge is -2.41. The molecule has 2 aliphatic heterocycles. The summed E-state index contributed by atoms with van der Waals surface area (Å²) in [4.78, 5) is 24.9. The minimum atomic E-state index is -0.596. The van der Waals surface area contributed by atoms with Crippen LogP contribution in [0.25, 0.3) is 0 Å². The number of carbonyl (C=O) groups is 2. The van der Waals surface area contributed by atoms with E-state index in [1.165, 1.54) is 0 Å². The van der Waals surface area contributed by atoms with Crippen molar-refractivity contribution < 1.29 is 9.59 Å². The van der Waals surface area contributed by atoms with Crippen LogP contribution in [0.4, 0.5) is 5.69 Å². The standard InChI is InChI=1S/C16H21N3O2/c1-10-7-8-12-14(20)13(9-17-15(12)18-10)16(21)19-11-5-3-2-4-6-11/h2-6,10,12-13,15,17-18H,7-9H2,1H3,(H,19,21). The molecule has 4 atom stereocenters.